The number of aromatic hydroxyl groups is 2. The Labute approximate surface area is 189 Å². The van der Waals surface area contributed by atoms with E-state index in [1.54, 1.807) is 24.3 Å². The zero-order valence-corrected chi connectivity index (χ0v) is 18.1. The van der Waals surface area contributed by atoms with Crippen LogP contribution in [0.25, 0.3) is 0 Å². The van der Waals surface area contributed by atoms with Crippen molar-refractivity contribution in [3.05, 3.63) is 131 Å². The van der Waals surface area contributed by atoms with Gasteiger partial charge in [0.2, 0.25) is 0 Å². The van der Waals surface area contributed by atoms with Crippen molar-refractivity contribution in [2.45, 2.75) is 36.5 Å². The van der Waals surface area contributed by atoms with Gasteiger partial charge in [-0.05, 0) is 72.2 Å². The summed E-state index contributed by atoms with van der Waals surface area (Å²) in [5.74, 6) is 0.571. The Morgan fingerprint density at radius 2 is 0.656 bits per heavy atom. The topological polar surface area (TPSA) is 40.5 Å². The Bertz CT molecular complexity index is 1070. The molecule has 1 fully saturated rings. The average molecular weight is 421 g/mol. The van der Waals surface area contributed by atoms with Crippen LogP contribution >= 0.6 is 0 Å². The van der Waals surface area contributed by atoms with Crippen LogP contribution < -0.4 is 0 Å². The molecule has 0 aliphatic heterocycles. The summed E-state index contributed by atoms with van der Waals surface area (Å²) in [7, 11) is 0. The monoisotopic (exact) mass is 420 g/mol. The van der Waals surface area contributed by atoms with Crippen LogP contribution in [0.15, 0.2) is 109 Å². The highest BCUT2D eigenvalue weighted by atomic mass is 16.3. The minimum Gasteiger partial charge on any atom is -0.508 e. The second-order valence-electron chi connectivity index (χ2n) is 8.99. The van der Waals surface area contributed by atoms with Crippen molar-refractivity contribution in [3.8, 4) is 11.5 Å². The quantitative estimate of drug-likeness (QED) is 0.375. The number of benzene rings is 4. The molecule has 2 heteroatoms. The second kappa shape index (κ2) is 8.20. The first-order chi connectivity index (χ1) is 15.6. The molecule has 2 N–H and O–H groups in total. The van der Waals surface area contributed by atoms with E-state index in [0.29, 0.717) is 0 Å². The second-order valence-corrected chi connectivity index (χ2v) is 8.99. The molecule has 1 aliphatic rings. The van der Waals surface area contributed by atoms with E-state index in [9.17, 15) is 10.2 Å². The van der Waals surface area contributed by atoms with Crippen molar-refractivity contribution in [2.24, 2.45) is 0 Å². The molecule has 0 radical (unpaired) electrons. The summed E-state index contributed by atoms with van der Waals surface area (Å²) in [5.41, 5.74) is 4.99. The molecule has 0 saturated heterocycles. The molecule has 0 spiro atoms. The Morgan fingerprint density at radius 1 is 0.375 bits per heavy atom. The molecule has 4 aromatic carbocycles. The molecule has 1 saturated carbocycles. The summed E-state index contributed by atoms with van der Waals surface area (Å²) >= 11 is 0. The average Bonchev–Trinajstić information content (AvgIpc) is 2.86. The third kappa shape index (κ3) is 3.46. The molecule has 32 heavy (non-hydrogen) atoms. The summed E-state index contributed by atoms with van der Waals surface area (Å²) in [5, 5.41) is 19.8. The van der Waals surface area contributed by atoms with Crippen LogP contribution in [0.2, 0.25) is 0 Å². The minimum absolute atomic E-state index is 0.0279. The Morgan fingerprint density at radius 3 is 0.969 bits per heavy atom. The molecular weight excluding hydrogens is 392 g/mol. The van der Waals surface area contributed by atoms with Crippen molar-refractivity contribution >= 4 is 0 Å². The molecule has 0 amide bonds. The molecule has 160 valence electrons. The molecule has 0 heterocycles. The lowest BCUT2D eigenvalue weighted by molar-refractivity contribution is 0.256. The number of phenols is 2. The molecule has 0 atom stereocenters. The number of phenolic OH excluding ortho intramolecular Hbond substituents is 2. The van der Waals surface area contributed by atoms with E-state index in [0.717, 1.165) is 25.7 Å². The van der Waals surface area contributed by atoms with Crippen molar-refractivity contribution in [1.29, 1.82) is 0 Å². The Kier molecular flexibility index (Phi) is 5.22. The number of rotatable bonds is 4. The van der Waals surface area contributed by atoms with Gasteiger partial charge in [0.15, 0.2) is 0 Å². The van der Waals surface area contributed by atoms with Gasteiger partial charge in [0.1, 0.15) is 11.5 Å². The predicted molar refractivity (Wildman–Crippen MR) is 129 cm³/mol. The third-order valence-electron chi connectivity index (χ3n) is 7.45. The molecule has 0 bridgehead atoms. The first-order valence-electron chi connectivity index (χ1n) is 11.3. The Balaban J connectivity index is 1.61. The third-order valence-corrected chi connectivity index (χ3v) is 7.45. The fraction of sp³-hybridized carbons (Fsp3) is 0.200. The van der Waals surface area contributed by atoms with Crippen LogP contribution in [0.3, 0.4) is 0 Å². The van der Waals surface area contributed by atoms with E-state index in [-0.39, 0.29) is 22.3 Å². The summed E-state index contributed by atoms with van der Waals surface area (Å²) in [4.78, 5) is 0. The van der Waals surface area contributed by atoms with E-state index in [4.69, 9.17) is 0 Å². The van der Waals surface area contributed by atoms with Crippen LogP contribution in [0.4, 0.5) is 0 Å². The van der Waals surface area contributed by atoms with Crippen molar-refractivity contribution in [1.82, 2.24) is 0 Å². The van der Waals surface area contributed by atoms with Crippen LogP contribution in [-0.4, -0.2) is 10.2 Å². The summed E-state index contributed by atoms with van der Waals surface area (Å²) in [6.07, 6.45) is 3.99. The van der Waals surface area contributed by atoms with Gasteiger partial charge in [-0.3, -0.25) is 0 Å². The highest BCUT2D eigenvalue weighted by Gasteiger charge is 2.46. The maximum atomic E-state index is 9.89. The minimum atomic E-state index is -0.158. The normalized spacial score (nSPS) is 17.0. The predicted octanol–water partition coefficient (Wildman–Crippen LogP) is 6.94. The maximum absolute atomic E-state index is 9.89. The van der Waals surface area contributed by atoms with E-state index < -0.39 is 0 Å². The zero-order chi connectivity index (χ0) is 22.0. The smallest absolute Gasteiger partial charge is 0.115 e. The summed E-state index contributed by atoms with van der Waals surface area (Å²) < 4.78 is 0. The fourth-order valence-electron chi connectivity index (χ4n) is 5.67. The highest BCUT2D eigenvalue weighted by Crippen LogP contribution is 2.54. The fourth-order valence-corrected chi connectivity index (χ4v) is 5.67. The maximum Gasteiger partial charge on any atom is 0.115 e. The van der Waals surface area contributed by atoms with Gasteiger partial charge in [-0.1, -0.05) is 84.9 Å². The summed E-state index contributed by atoms with van der Waals surface area (Å²) in [6, 6.07) is 37.2. The van der Waals surface area contributed by atoms with Crippen LogP contribution in [0, 0.1) is 0 Å². The first-order valence-corrected chi connectivity index (χ1v) is 11.3. The van der Waals surface area contributed by atoms with Gasteiger partial charge >= 0.3 is 0 Å². The molecule has 5 rings (SSSR count). The Hall–Kier alpha value is -3.52. The number of hydrogen-bond acceptors (Lipinski definition) is 2. The highest BCUT2D eigenvalue weighted by molar-refractivity contribution is 5.47. The SMILES string of the molecule is Oc1ccc(C2(c3ccc(O)cc3)CCC(c3ccccc3)(c3ccccc3)CC2)cc1. The van der Waals surface area contributed by atoms with E-state index in [2.05, 4.69) is 84.9 Å². The van der Waals surface area contributed by atoms with Gasteiger partial charge in [-0.25, -0.2) is 0 Å². The van der Waals surface area contributed by atoms with Crippen molar-refractivity contribution in [2.75, 3.05) is 0 Å². The molecule has 0 aromatic heterocycles. The van der Waals surface area contributed by atoms with Gasteiger partial charge in [0, 0.05) is 10.8 Å². The standard InChI is InChI=1S/C30H28O2/c31-27-15-11-25(12-16-27)30(26-13-17-28(32)18-14-26)21-19-29(20-22-30,23-7-3-1-4-8-23)24-9-5-2-6-10-24/h1-18,31-32H,19-22H2. The summed E-state index contributed by atoms with van der Waals surface area (Å²) in [6.45, 7) is 0. The van der Waals surface area contributed by atoms with Gasteiger partial charge < -0.3 is 10.2 Å². The lowest BCUT2D eigenvalue weighted by atomic mass is 9.55. The lowest BCUT2D eigenvalue weighted by Crippen LogP contribution is -2.41. The zero-order valence-electron chi connectivity index (χ0n) is 18.1. The van der Waals surface area contributed by atoms with Gasteiger partial charge in [-0.2, -0.15) is 0 Å². The van der Waals surface area contributed by atoms with Crippen LogP contribution in [0.1, 0.15) is 47.9 Å². The van der Waals surface area contributed by atoms with Gasteiger partial charge in [0.25, 0.3) is 0 Å². The molecule has 0 unspecified atom stereocenters. The van der Waals surface area contributed by atoms with Crippen molar-refractivity contribution < 1.29 is 10.2 Å². The van der Waals surface area contributed by atoms with E-state index >= 15 is 0 Å². The van der Waals surface area contributed by atoms with Crippen LogP contribution in [0.5, 0.6) is 11.5 Å². The first kappa shape index (κ1) is 20.4. The van der Waals surface area contributed by atoms with Gasteiger partial charge in [0.05, 0.1) is 0 Å². The van der Waals surface area contributed by atoms with Gasteiger partial charge in [-0.15, -0.1) is 0 Å². The number of hydrogen-bond donors (Lipinski definition) is 2. The molecule has 1 aliphatic carbocycles. The largest absolute Gasteiger partial charge is 0.508 e. The molecule has 2 nitrogen and oxygen atoms in total. The van der Waals surface area contributed by atoms with E-state index in [1.165, 1.54) is 22.3 Å². The molecular formula is C30H28O2. The molecule has 4 aromatic rings. The lowest BCUT2D eigenvalue weighted by Gasteiger charge is -2.48. The van der Waals surface area contributed by atoms with Crippen molar-refractivity contribution in [3.63, 3.8) is 0 Å². The van der Waals surface area contributed by atoms with Crippen LogP contribution in [-0.2, 0) is 10.8 Å². The van der Waals surface area contributed by atoms with E-state index in [1.807, 2.05) is 0 Å².